The second-order valence-corrected chi connectivity index (χ2v) is 9.50. The molecule has 0 saturated heterocycles. The molecule has 4 amide bonds. The molecule has 0 spiro atoms. The number of carbonyl (C=O) groups is 3. The first-order valence-corrected chi connectivity index (χ1v) is 13.4. The van der Waals surface area contributed by atoms with Gasteiger partial charge in [0.25, 0.3) is 0 Å². The molecule has 40 heavy (non-hydrogen) atoms. The lowest BCUT2D eigenvalue weighted by atomic mass is 10.0. The molecule has 0 aliphatic carbocycles. The maximum absolute atomic E-state index is 13.8. The number of ether oxygens (including phenoxy) is 1. The van der Waals surface area contributed by atoms with E-state index in [4.69, 9.17) is 4.74 Å². The van der Waals surface area contributed by atoms with E-state index in [1.54, 1.807) is 19.1 Å². The van der Waals surface area contributed by atoms with Gasteiger partial charge in [0.1, 0.15) is 6.04 Å². The lowest BCUT2D eigenvalue weighted by Crippen LogP contribution is -2.54. The Kier molecular flexibility index (Phi) is 12.7. The van der Waals surface area contributed by atoms with Crippen LogP contribution in [0.15, 0.2) is 91.0 Å². The lowest BCUT2D eigenvalue weighted by Gasteiger charge is -2.28. The molecule has 3 rings (SSSR count). The number of amides is 4. The predicted molar refractivity (Wildman–Crippen MR) is 155 cm³/mol. The molecule has 212 valence electrons. The van der Waals surface area contributed by atoms with Crippen molar-refractivity contribution in [1.82, 2.24) is 26.0 Å². The average Bonchev–Trinajstić information content (AvgIpc) is 2.97. The monoisotopic (exact) mass is 545 g/mol. The molecule has 3 N–H and O–H groups in total. The highest BCUT2D eigenvalue weighted by Crippen LogP contribution is 2.09. The highest BCUT2D eigenvalue weighted by molar-refractivity contribution is 5.88. The van der Waals surface area contributed by atoms with E-state index in [2.05, 4.69) is 16.1 Å². The van der Waals surface area contributed by atoms with Gasteiger partial charge in [-0.15, -0.1) is 0 Å². The van der Waals surface area contributed by atoms with Crippen molar-refractivity contribution in [1.29, 1.82) is 0 Å². The Labute approximate surface area is 236 Å². The van der Waals surface area contributed by atoms with Crippen LogP contribution >= 0.6 is 0 Å². The Morgan fingerprint density at radius 3 is 1.98 bits per heavy atom. The topological polar surface area (TPSA) is 103 Å². The molecule has 0 unspecified atom stereocenters. The zero-order chi connectivity index (χ0) is 28.6. The molecule has 9 nitrogen and oxygen atoms in total. The van der Waals surface area contributed by atoms with Crippen LogP contribution in [0, 0.1) is 0 Å². The third kappa shape index (κ3) is 10.9. The average molecular weight is 546 g/mol. The van der Waals surface area contributed by atoms with Gasteiger partial charge in [-0.3, -0.25) is 15.0 Å². The third-order valence-electron chi connectivity index (χ3n) is 6.28. The van der Waals surface area contributed by atoms with Crippen molar-refractivity contribution in [2.45, 2.75) is 25.4 Å². The van der Waals surface area contributed by atoms with E-state index >= 15 is 0 Å². The van der Waals surface area contributed by atoms with Gasteiger partial charge < -0.3 is 20.3 Å². The molecule has 0 heterocycles. The number of benzene rings is 3. The fourth-order valence-electron chi connectivity index (χ4n) is 4.20. The highest BCUT2D eigenvalue weighted by atomic mass is 16.5. The molecular weight excluding hydrogens is 506 g/mol. The van der Waals surface area contributed by atoms with E-state index in [9.17, 15) is 14.4 Å². The van der Waals surface area contributed by atoms with Gasteiger partial charge in [0, 0.05) is 40.2 Å². The largest absolute Gasteiger partial charge is 0.383 e. The van der Waals surface area contributed by atoms with Crippen molar-refractivity contribution in [3.05, 3.63) is 108 Å². The first kappa shape index (κ1) is 30.3. The number of carbonyl (C=O) groups excluding carboxylic acids is 3. The standard InChI is InChI=1S/C31H39N5O4/c1-35(34-31(39)32-23-27-16-10-5-11-17-27)24-29(37)33-28(22-26-14-8-4-9-15-26)30(38)36(20-21-40-2)19-18-25-12-6-3-7-13-25/h3-17,28H,18-24H2,1-2H3,(H,33,37)(H2,32,34,39)/t28-/m1/s1. The van der Waals surface area contributed by atoms with Crippen LogP contribution in [0.5, 0.6) is 0 Å². The van der Waals surface area contributed by atoms with Crippen molar-refractivity contribution >= 4 is 17.8 Å². The van der Waals surface area contributed by atoms with Crippen molar-refractivity contribution in [3.63, 3.8) is 0 Å². The smallest absolute Gasteiger partial charge is 0.329 e. The van der Waals surface area contributed by atoms with E-state index in [0.717, 1.165) is 16.7 Å². The van der Waals surface area contributed by atoms with Crippen LogP contribution in [0.1, 0.15) is 16.7 Å². The molecule has 0 fully saturated rings. The van der Waals surface area contributed by atoms with Crippen LogP contribution in [0.3, 0.4) is 0 Å². The Hall–Kier alpha value is -4.21. The zero-order valence-electron chi connectivity index (χ0n) is 23.2. The Morgan fingerprint density at radius 2 is 1.38 bits per heavy atom. The van der Waals surface area contributed by atoms with Crippen molar-refractivity contribution in [2.24, 2.45) is 0 Å². The van der Waals surface area contributed by atoms with Crippen LogP contribution in [-0.2, 0) is 33.7 Å². The first-order chi connectivity index (χ1) is 19.4. The predicted octanol–water partition coefficient (Wildman–Crippen LogP) is 2.78. The molecule has 0 bridgehead atoms. The van der Waals surface area contributed by atoms with Crippen LogP contribution in [-0.4, -0.2) is 74.2 Å². The number of hydrazine groups is 1. The second kappa shape index (κ2) is 16.7. The normalized spacial score (nSPS) is 11.5. The van der Waals surface area contributed by atoms with Crippen LogP contribution < -0.4 is 16.1 Å². The van der Waals surface area contributed by atoms with Gasteiger partial charge >= 0.3 is 6.03 Å². The number of urea groups is 1. The number of rotatable bonds is 15. The van der Waals surface area contributed by atoms with E-state index < -0.39 is 12.1 Å². The van der Waals surface area contributed by atoms with Crippen molar-refractivity contribution < 1.29 is 19.1 Å². The third-order valence-corrected chi connectivity index (χ3v) is 6.28. The molecule has 9 heteroatoms. The molecular formula is C31H39N5O4. The summed E-state index contributed by atoms with van der Waals surface area (Å²) >= 11 is 0. The molecule has 1 atom stereocenters. The highest BCUT2D eigenvalue weighted by Gasteiger charge is 2.26. The molecule has 0 radical (unpaired) electrons. The summed E-state index contributed by atoms with van der Waals surface area (Å²) in [5.74, 6) is -0.559. The number of methoxy groups -OCH3 is 1. The summed E-state index contributed by atoms with van der Waals surface area (Å²) in [5.41, 5.74) is 5.65. The molecule has 0 aromatic heterocycles. The van der Waals surface area contributed by atoms with Crippen molar-refractivity contribution in [2.75, 3.05) is 40.4 Å². The molecule has 3 aromatic rings. The van der Waals surface area contributed by atoms with Gasteiger partial charge in [-0.2, -0.15) is 0 Å². The van der Waals surface area contributed by atoms with Gasteiger partial charge in [0.15, 0.2) is 0 Å². The van der Waals surface area contributed by atoms with Crippen LogP contribution in [0.2, 0.25) is 0 Å². The quantitative estimate of drug-likeness (QED) is 0.255. The Bertz CT molecular complexity index is 1180. The Balaban J connectivity index is 1.61. The summed E-state index contributed by atoms with van der Waals surface area (Å²) in [6, 6.07) is 27.9. The SMILES string of the molecule is COCCN(CCc1ccccc1)C(=O)[C@@H](Cc1ccccc1)NC(=O)CN(C)NC(=O)NCc1ccccc1. The number of likely N-dealkylation sites (N-methyl/N-ethyl adjacent to an activating group) is 1. The van der Waals surface area contributed by atoms with Gasteiger partial charge in [-0.25, -0.2) is 9.80 Å². The van der Waals surface area contributed by atoms with Gasteiger partial charge in [0.2, 0.25) is 11.8 Å². The zero-order valence-corrected chi connectivity index (χ0v) is 23.2. The second-order valence-electron chi connectivity index (χ2n) is 9.50. The van der Waals surface area contributed by atoms with E-state index in [-0.39, 0.29) is 18.4 Å². The lowest BCUT2D eigenvalue weighted by molar-refractivity contribution is -0.137. The van der Waals surface area contributed by atoms with E-state index in [1.807, 2.05) is 91.0 Å². The number of nitrogens with zero attached hydrogens (tertiary/aromatic N) is 2. The minimum absolute atomic E-state index is 0.126. The molecule has 0 aliphatic heterocycles. The molecule has 0 saturated carbocycles. The fraction of sp³-hybridized carbons (Fsp3) is 0.323. The summed E-state index contributed by atoms with van der Waals surface area (Å²) in [6.07, 6.45) is 1.03. The summed E-state index contributed by atoms with van der Waals surface area (Å²) in [6.45, 7) is 1.53. The first-order valence-electron chi connectivity index (χ1n) is 13.4. The number of nitrogens with one attached hydrogen (secondary N) is 3. The van der Waals surface area contributed by atoms with Crippen LogP contribution in [0.4, 0.5) is 4.79 Å². The summed E-state index contributed by atoms with van der Waals surface area (Å²) < 4.78 is 5.26. The summed E-state index contributed by atoms with van der Waals surface area (Å²) in [5, 5.41) is 7.05. The number of hydrogen-bond acceptors (Lipinski definition) is 5. The summed E-state index contributed by atoms with van der Waals surface area (Å²) in [4.78, 5) is 40.8. The van der Waals surface area contributed by atoms with Gasteiger partial charge in [0.05, 0.1) is 13.2 Å². The minimum atomic E-state index is -0.775. The van der Waals surface area contributed by atoms with Gasteiger partial charge in [-0.1, -0.05) is 91.0 Å². The fourth-order valence-corrected chi connectivity index (χ4v) is 4.20. The maximum atomic E-state index is 13.8. The van der Waals surface area contributed by atoms with Crippen LogP contribution in [0.25, 0.3) is 0 Å². The number of hydrogen-bond donors (Lipinski definition) is 3. The summed E-state index contributed by atoms with van der Waals surface area (Å²) in [7, 11) is 3.20. The molecule has 3 aromatic carbocycles. The van der Waals surface area contributed by atoms with E-state index in [0.29, 0.717) is 39.1 Å². The maximum Gasteiger partial charge on any atom is 0.329 e. The minimum Gasteiger partial charge on any atom is -0.383 e. The Morgan fingerprint density at radius 1 is 0.800 bits per heavy atom. The van der Waals surface area contributed by atoms with Gasteiger partial charge in [-0.05, 0) is 23.1 Å². The van der Waals surface area contributed by atoms with E-state index in [1.165, 1.54) is 5.01 Å². The van der Waals surface area contributed by atoms with Crippen molar-refractivity contribution in [3.8, 4) is 0 Å². The molecule has 0 aliphatic rings.